The number of rotatable bonds is 5. The number of ether oxygens (including phenoxy) is 1. The highest BCUT2D eigenvalue weighted by atomic mass is 19.1. The number of morpholine rings is 1. The van der Waals surface area contributed by atoms with Crippen molar-refractivity contribution < 1.29 is 19.0 Å². The van der Waals surface area contributed by atoms with Gasteiger partial charge in [-0.15, -0.1) is 0 Å². The van der Waals surface area contributed by atoms with Crippen LogP contribution in [0.25, 0.3) is 10.9 Å². The average molecular weight is 375 g/mol. The second kappa shape index (κ2) is 6.94. The molecule has 1 aromatic carbocycles. The Kier molecular flexibility index (Phi) is 4.61. The summed E-state index contributed by atoms with van der Waals surface area (Å²) in [5, 5.41) is 12.5. The standard InChI is InChI=1S/C19H22FN3O4/c1-21-8-12-9-22(4-5-27-12)17-7-16-13(6-15(17)20)18(24)14(19(25)26)10-23(16)11-2-3-11/h6-7,10-12,21H,2-5,8-9H2,1H3,(H,25,26). The monoisotopic (exact) mass is 375 g/mol. The Balaban J connectivity index is 1.83. The van der Waals surface area contributed by atoms with Crippen molar-refractivity contribution in [3.05, 3.63) is 39.9 Å². The lowest BCUT2D eigenvalue weighted by Crippen LogP contribution is -2.46. The molecule has 1 saturated heterocycles. The Labute approximate surface area is 155 Å². The number of likely N-dealkylation sites (N-methyl/N-ethyl adjacent to an activating group) is 1. The summed E-state index contributed by atoms with van der Waals surface area (Å²) >= 11 is 0. The van der Waals surface area contributed by atoms with E-state index in [2.05, 4.69) is 5.32 Å². The first kappa shape index (κ1) is 17.9. The van der Waals surface area contributed by atoms with Gasteiger partial charge in [0.2, 0.25) is 5.43 Å². The largest absolute Gasteiger partial charge is 0.477 e. The number of aromatic carboxylic acids is 1. The van der Waals surface area contributed by atoms with Crippen LogP contribution in [0.4, 0.5) is 10.1 Å². The smallest absolute Gasteiger partial charge is 0.341 e. The number of anilines is 1. The summed E-state index contributed by atoms with van der Waals surface area (Å²) in [6.45, 7) is 2.27. The zero-order valence-electron chi connectivity index (χ0n) is 15.1. The molecular formula is C19H22FN3O4. The van der Waals surface area contributed by atoms with Crippen LogP contribution in [0, 0.1) is 5.82 Å². The Hall–Kier alpha value is -2.45. The van der Waals surface area contributed by atoms with Crippen LogP contribution in [0.1, 0.15) is 29.2 Å². The molecule has 1 unspecified atom stereocenters. The second-order valence-electron chi connectivity index (χ2n) is 7.13. The highest BCUT2D eigenvalue weighted by Crippen LogP contribution is 2.38. The number of hydrogen-bond acceptors (Lipinski definition) is 5. The number of halogens is 1. The molecule has 27 heavy (non-hydrogen) atoms. The Bertz CT molecular complexity index is 952. The number of benzene rings is 1. The number of nitrogens with one attached hydrogen (secondary N) is 1. The summed E-state index contributed by atoms with van der Waals surface area (Å²) < 4.78 is 22.4. The number of fused-ring (bicyclic) bond motifs is 1. The lowest BCUT2D eigenvalue weighted by Gasteiger charge is -2.34. The van der Waals surface area contributed by atoms with E-state index in [0.717, 1.165) is 12.8 Å². The van der Waals surface area contributed by atoms with Crippen LogP contribution < -0.4 is 15.6 Å². The number of carbonyl (C=O) groups is 1. The van der Waals surface area contributed by atoms with Crippen molar-refractivity contribution in [1.29, 1.82) is 0 Å². The summed E-state index contributed by atoms with van der Waals surface area (Å²) in [5.74, 6) is -1.81. The fourth-order valence-electron chi connectivity index (χ4n) is 3.70. The Morgan fingerprint density at radius 3 is 2.85 bits per heavy atom. The third-order valence-corrected chi connectivity index (χ3v) is 5.18. The fraction of sp³-hybridized carbons (Fsp3) is 0.474. The predicted octanol–water partition coefficient (Wildman–Crippen LogP) is 1.60. The highest BCUT2D eigenvalue weighted by molar-refractivity contribution is 5.93. The van der Waals surface area contributed by atoms with Crippen LogP contribution in [0.15, 0.2) is 23.1 Å². The molecule has 0 bridgehead atoms. The molecule has 8 heteroatoms. The third kappa shape index (κ3) is 3.30. The lowest BCUT2D eigenvalue weighted by atomic mass is 10.1. The number of hydrogen-bond donors (Lipinski definition) is 2. The molecule has 1 aliphatic heterocycles. The molecule has 2 aliphatic rings. The number of carboxylic acid groups (broad SMARTS) is 1. The van der Waals surface area contributed by atoms with E-state index >= 15 is 0 Å². The normalized spacial score (nSPS) is 20.2. The van der Waals surface area contributed by atoms with E-state index in [4.69, 9.17) is 4.74 Å². The van der Waals surface area contributed by atoms with E-state index < -0.39 is 17.2 Å². The van der Waals surface area contributed by atoms with Crippen molar-refractivity contribution in [3.8, 4) is 0 Å². The molecule has 1 aliphatic carbocycles. The van der Waals surface area contributed by atoms with Crippen LogP contribution in [0.2, 0.25) is 0 Å². The van der Waals surface area contributed by atoms with Crippen LogP contribution in [0.3, 0.4) is 0 Å². The number of aromatic nitrogens is 1. The molecule has 0 radical (unpaired) electrons. The van der Waals surface area contributed by atoms with Gasteiger partial charge in [-0.2, -0.15) is 0 Å². The molecule has 0 spiro atoms. The Morgan fingerprint density at radius 1 is 1.41 bits per heavy atom. The van der Waals surface area contributed by atoms with E-state index in [-0.39, 0.29) is 23.1 Å². The number of pyridine rings is 1. The summed E-state index contributed by atoms with van der Waals surface area (Å²) in [5.41, 5.74) is 0.0428. The van der Waals surface area contributed by atoms with E-state index in [0.29, 0.717) is 37.4 Å². The topological polar surface area (TPSA) is 83.8 Å². The first-order chi connectivity index (χ1) is 13.0. The second-order valence-corrected chi connectivity index (χ2v) is 7.13. The van der Waals surface area contributed by atoms with Gasteiger partial charge >= 0.3 is 5.97 Å². The summed E-state index contributed by atoms with van der Waals surface area (Å²) in [6.07, 6.45) is 3.20. The molecule has 2 N–H and O–H groups in total. The Morgan fingerprint density at radius 2 is 2.19 bits per heavy atom. The number of carboxylic acids is 1. The van der Waals surface area contributed by atoms with Gasteiger partial charge in [0.25, 0.3) is 0 Å². The SMILES string of the molecule is CNCC1CN(c2cc3c(cc2F)c(=O)c(C(=O)O)cn3C2CC2)CCO1. The van der Waals surface area contributed by atoms with Crippen LogP contribution in [0.5, 0.6) is 0 Å². The maximum absolute atomic E-state index is 14.9. The fourth-order valence-corrected chi connectivity index (χ4v) is 3.70. The molecular weight excluding hydrogens is 353 g/mol. The molecule has 144 valence electrons. The third-order valence-electron chi connectivity index (χ3n) is 5.18. The van der Waals surface area contributed by atoms with Crippen molar-refractivity contribution in [2.75, 3.05) is 38.2 Å². The first-order valence-electron chi connectivity index (χ1n) is 9.12. The zero-order chi connectivity index (χ0) is 19.1. The van der Waals surface area contributed by atoms with Crippen LogP contribution >= 0.6 is 0 Å². The average Bonchev–Trinajstić information content (AvgIpc) is 3.47. The zero-order valence-corrected chi connectivity index (χ0v) is 15.1. The van der Waals surface area contributed by atoms with Crippen LogP contribution in [-0.2, 0) is 4.74 Å². The molecule has 1 atom stereocenters. The van der Waals surface area contributed by atoms with Gasteiger partial charge < -0.3 is 24.6 Å². The molecule has 0 amide bonds. The van der Waals surface area contributed by atoms with Gasteiger partial charge in [0, 0.05) is 37.3 Å². The van der Waals surface area contributed by atoms with Gasteiger partial charge in [0.1, 0.15) is 11.4 Å². The van der Waals surface area contributed by atoms with E-state index in [1.54, 1.807) is 6.07 Å². The van der Waals surface area contributed by atoms with E-state index in [1.807, 2.05) is 16.5 Å². The van der Waals surface area contributed by atoms with Gasteiger partial charge in [-0.25, -0.2) is 9.18 Å². The maximum atomic E-state index is 14.9. The van der Waals surface area contributed by atoms with Crippen molar-refractivity contribution in [2.45, 2.75) is 25.0 Å². The van der Waals surface area contributed by atoms with Crippen molar-refractivity contribution >= 4 is 22.6 Å². The van der Waals surface area contributed by atoms with Crippen LogP contribution in [-0.4, -0.2) is 55.0 Å². The van der Waals surface area contributed by atoms with E-state index in [1.165, 1.54) is 12.3 Å². The van der Waals surface area contributed by atoms with Gasteiger partial charge in [0.05, 0.1) is 23.9 Å². The summed E-state index contributed by atoms with van der Waals surface area (Å²) in [4.78, 5) is 25.9. The maximum Gasteiger partial charge on any atom is 0.341 e. The van der Waals surface area contributed by atoms with Gasteiger partial charge in [-0.05, 0) is 32.0 Å². The molecule has 1 aromatic heterocycles. The van der Waals surface area contributed by atoms with E-state index in [9.17, 15) is 19.1 Å². The quantitative estimate of drug-likeness (QED) is 0.826. The molecule has 7 nitrogen and oxygen atoms in total. The van der Waals surface area contributed by atoms with Gasteiger partial charge in [-0.1, -0.05) is 0 Å². The molecule has 2 heterocycles. The lowest BCUT2D eigenvalue weighted by molar-refractivity contribution is 0.0419. The van der Waals surface area contributed by atoms with Gasteiger partial charge in [-0.3, -0.25) is 4.79 Å². The summed E-state index contributed by atoms with van der Waals surface area (Å²) in [6, 6.07) is 3.02. The van der Waals surface area contributed by atoms with Crippen molar-refractivity contribution in [2.24, 2.45) is 0 Å². The first-order valence-corrected chi connectivity index (χ1v) is 9.12. The minimum absolute atomic E-state index is 0.0427. The number of nitrogens with zero attached hydrogens (tertiary/aromatic N) is 2. The van der Waals surface area contributed by atoms with Gasteiger partial charge in [0.15, 0.2) is 0 Å². The predicted molar refractivity (Wildman–Crippen MR) is 99.3 cm³/mol. The molecule has 1 saturated carbocycles. The molecule has 2 fully saturated rings. The molecule has 4 rings (SSSR count). The molecule has 2 aromatic rings. The summed E-state index contributed by atoms with van der Waals surface area (Å²) in [7, 11) is 1.84. The van der Waals surface area contributed by atoms with Crippen molar-refractivity contribution in [3.63, 3.8) is 0 Å². The highest BCUT2D eigenvalue weighted by Gasteiger charge is 2.29. The van der Waals surface area contributed by atoms with Crippen molar-refractivity contribution in [1.82, 2.24) is 9.88 Å². The minimum Gasteiger partial charge on any atom is -0.477 e. The minimum atomic E-state index is -1.29.